The SMILES string of the molecule is CC(C)CCCNC(=O)N[C@@H](C)c1ccc(C#N)cc1. The van der Waals surface area contributed by atoms with Crippen LogP contribution >= 0.6 is 0 Å². The van der Waals surface area contributed by atoms with Crippen molar-refractivity contribution in [1.29, 1.82) is 5.26 Å². The molecular formula is C16H23N3O. The first kappa shape index (κ1) is 16.0. The molecule has 1 aromatic carbocycles. The van der Waals surface area contributed by atoms with E-state index >= 15 is 0 Å². The summed E-state index contributed by atoms with van der Waals surface area (Å²) >= 11 is 0. The topological polar surface area (TPSA) is 64.9 Å². The minimum Gasteiger partial charge on any atom is -0.338 e. The highest BCUT2D eigenvalue weighted by Gasteiger charge is 2.08. The van der Waals surface area contributed by atoms with Crippen LogP contribution < -0.4 is 10.6 Å². The number of nitrogens with one attached hydrogen (secondary N) is 2. The molecular weight excluding hydrogens is 250 g/mol. The Kier molecular flexibility index (Phi) is 6.58. The van der Waals surface area contributed by atoms with Crippen LogP contribution in [0, 0.1) is 17.2 Å². The summed E-state index contributed by atoms with van der Waals surface area (Å²) in [5.74, 6) is 0.664. The van der Waals surface area contributed by atoms with E-state index < -0.39 is 0 Å². The minimum absolute atomic E-state index is 0.0761. The van der Waals surface area contributed by atoms with Gasteiger partial charge in [-0.05, 0) is 43.4 Å². The van der Waals surface area contributed by atoms with Crippen molar-refractivity contribution in [2.24, 2.45) is 5.92 Å². The number of rotatable bonds is 6. The van der Waals surface area contributed by atoms with Crippen LogP contribution in [-0.2, 0) is 0 Å². The van der Waals surface area contributed by atoms with Gasteiger partial charge in [0.15, 0.2) is 0 Å². The molecule has 20 heavy (non-hydrogen) atoms. The Labute approximate surface area is 121 Å². The van der Waals surface area contributed by atoms with Gasteiger partial charge < -0.3 is 10.6 Å². The van der Waals surface area contributed by atoms with E-state index in [1.54, 1.807) is 12.1 Å². The molecule has 2 N–H and O–H groups in total. The van der Waals surface area contributed by atoms with Crippen molar-refractivity contribution in [3.05, 3.63) is 35.4 Å². The second kappa shape index (κ2) is 8.21. The predicted molar refractivity (Wildman–Crippen MR) is 80.2 cm³/mol. The number of urea groups is 1. The van der Waals surface area contributed by atoms with Gasteiger partial charge in [0, 0.05) is 6.54 Å². The van der Waals surface area contributed by atoms with E-state index in [9.17, 15) is 4.79 Å². The van der Waals surface area contributed by atoms with Gasteiger partial charge in [-0.2, -0.15) is 5.26 Å². The summed E-state index contributed by atoms with van der Waals surface area (Å²) in [6.07, 6.45) is 2.11. The molecule has 4 nitrogen and oxygen atoms in total. The van der Waals surface area contributed by atoms with Gasteiger partial charge in [-0.1, -0.05) is 26.0 Å². The summed E-state index contributed by atoms with van der Waals surface area (Å²) in [5.41, 5.74) is 1.61. The first-order valence-electron chi connectivity index (χ1n) is 7.07. The summed E-state index contributed by atoms with van der Waals surface area (Å²) in [5, 5.41) is 14.5. The van der Waals surface area contributed by atoms with Gasteiger partial charge in [0.2, 0.25) is 0 Å². The van der Waals surface area contributed by atoms with Crippen molar-refractivity contribution in [3.8, 4) is 6.07 Å². The maximum absolute atomic E-state index is 11.7. The Morgan fingerprint density at radius 2 is 1.90 bits per heavy atom. The van der Waals surface area contributed by atoms with Crippen LogP contribution in [0.4, 0.5) is 4.79 Å². The average molecular weight is 273 g/mol. The molecule has 0 bridgehead atoms. The molecule has 1 atom stereocenters. The maximum Gasteiger partial charge on any atom is 0.315 e. The quantitative estimate of drug-likeness (QED) is 0.781. The van der Waals surface area contributed by atoms with Crippen LogP contribution in [0.2, 0.25) is 0 Å². The van der Waals surface area contributed by atoms with Gasteiger partial charge in [-0.15, -0.1) is 0 Å². The van der Waals surface area contributed by atoms with E-state index in [1.807, 2.05) is 19.1 Å². The molecule has 0 spiro atoms. The van der Waals surface area contributed by atoms with E-state index in [-0.39, 0.29) is 12.1 Å². The van der Waals surface area contributed by atoms with Gasteiger partial charge >= 0.3 is 6.03 Å². The standard InChI is InChI=1S/C16H23N3O/c1-12(2)5-4-10-18-16(20)19-13(3)15-8-6-14(11-17)7-9-15/h6-9,12-13H,4-5,10H2,1-3H3,(H2,18,19,20)/t13-/m0/s1. The van der Waals surface area contributed by atoms with Crippen molar-refractivity contribution >= 4 is 6.03 Å². The lowest BCUT2D eigenvalue weighted by Gasteiger charge is -2.15. The molecule has 0 radical (unpaired) electrons. The third kappa shape index (κ3) is 5.75. The van der Waals surface area contributed by atoms with Gasteiger partial charge in [0.1, 0.15) is 0 Å². The molecule has 0 saturated carbocycles. The minimum atomic E-state index is -0.148. The van der Waals surface area contributed by atoms with Crippen LogP contribution in [-0.4, -0.2) is 12.6 Å². The second-order valence-corrected chi connectivity index (χ2v) is 5.39. The van der Waals surface area contributed by atoms with Crippen molar-refractivity contribution in [1.82, 2.24) is 10.6 Å². The summed E-state index contributed by atoms with van der Waals surface area (Å²) in [6, 6.07) is 9.10. The zero-order valence-corrected chi connectivity index (χ0v) is 12.4. The zero-order valence-electron chi connectivity index (χ0n) is 12.4. The third-order valence-corrected chi connectivity index (χ3v) is 3.13. The monoisotopic (exact) mass is 273 g/mol. The van der Waals surface area contributed by atoms with Gasteiger partial charge in [0.25, 0.3) is 0 Å². The summed E-state index contributed by atoms with van der Waals surface area (Å²) in [7, 11) is 0. The van der Waals surface area contributed by atoms with E-state index in [2.05, 4.69) is 30.6 Å². The molecule has 0 aliphatic carbocycles. The van der Waals surface area contributed by atoms with E-state index in [4.69, 9.17) is 5.26 Å². The smallest absolute Gasteiger partial charge is 0.315 e. The van der Waals surface area contributed by atoms with Crippen LogP contribution in [0.1, 0.15) is 50.8 Å². The molecule has 0 aliphatic heterocycles. The first-order chi connectivity index (χ1) is 9.52. The highest BCUT2D eigenvalue weighted by Crippen LogP contribution is 2.12. The Balaban J connectivity index is 2.35. The van der Waals surface area contributed by atoms with Crippen LogP contribution in [0.5, 0.6) is 0 Å². The Bertz CT molecular complexity index is 460. The molecule has 0 aromatic heterocycles. The van der Waals surface area contributed by atoms with Crippen molar-refractivity contribution in [2.45, 2.75) is 39.7 Å². The second-order valence-electron chi connectivity index (χ2n) is 5.39. The first-order valence-corrected chi connectivity index (χ1v) is 7.07. The molecule has 0 unspecified atom stereocenters. The lowest BCUT2D eigenvalue weighted by atomic mass is 10.1. The summed E-state index contributed by atoms with van der Waals surface area (Å²) < 4.78 is 0. The largest absolute Gasteiger partial charge is 0.338 e. The molecule has 1 aromatic rings. The molecule has 0 fully saturated rings. The fraction of sp³-hybridized carbons (Fsp3) is 0.500. The Morgan fingerprint density at radius 1 is 1.25 bits per heavy atom. The predicted octanol–water partition coefficient (Wildman–Crippen LogP) is 3.35. The Morgan fingerprint density at radius 3 is 2.45 bits per heavy atom. The summed E-state index contributed by atoms with van der Waals surface area (Å²) in [4.78, 5) is 11.7. The van der Waals surface area contributed by atoms with Gasteiger partial charge in [-0.3, -0.25) is 0 Å². The number of carbonyl (C=O) groups is 1. The number of carbonyl (C=O) groups excluding carboxylic acids is 1. The van der Waals surface area contributed by atoms with E-state index in [0.717, 1.165) is 18.4 Å². The zero-order chi connectivity index (χ0) is 15.0. The van der Waals surface area contributed by atoms with Crippen molar-refractivity contribution in [3.63, 3.8) is 0 Å². The number of nitriles is 1. The van der Waals surface area contributed by atoms with Crippen LogP contribution in [0.3, 0.4) is 0 Å². The van der Waals surface area contributed by atoms with Crippen molar-refractivity contribution < 1.29 is 4.79 Å². The highest BCUT2D eigenvalue weighted by molar-refractivity contribution is 5.74. The number of benzene rings is 1. The summed E-state index contributed by atoms with van der Waals surface area (Å²) in [6.45, 7) is 6.97. The number of hydrogen-bond donors (Lipinski definition) is 2. The third-order valence-electron chi connectivity index (χ3n) is 3.13. The molecule has 2 amide bonds. The molecule has 1 rings (SSSR count). The lowest BCUT2D eigenvalue weighted by molar-refractivity contribution is 0.237. The van der Waals surface area contributed by atoms with E-state index in [0.29, 0.717) is 18.0 Å². The lowest BCUT2D eigenvalue weighted by Crippen LogP contribution is -2.37. The molecule has 108 valence electrons. The number of amides is 2. The fourth-order valence-corrected chi connectivity index (χ4v) is 1.89. The van der Waals surface area contributed by atoms with Crippen LogP contribution in [0.15, 0.2) is 24.3 Å². The van der Waals surface area contributed by atoms with Gasteiger partial charge in [0.05, 0.1) is 17.7 Å². The molecule has 4 heteroatoms. The number of nitrogens with zero attached hydrogens (tertiary/aromatic N) is 1. The van der Waals surface area contributed by atoms with Crippen molar-refractivity contribution in [2.75, 3.05) is 6.54 Å². The maximum atomic E-state index is 11.7. The highest BCUT2D eigenvalue weighted by atomic mass is 16.2. The molecule has 0 saturated heterocycles. The van der Waals surface area contributed by atoms with E-state index in [1.165, 1.54) is 0 Å². The van der Waals surface area contributed by atoms with Gasteiger partial charge in [-0.25, -0.2) is 4.79 Å². The molecule has 0 heterocycles. The molecule has 0 aliphatic rings. The van der Waals surface area contributed by atoms with Crippen LogP contribution in [0.25, 0.3) is 0 Å². The Hall–Kier alpha value is -2.02. The fourth-order valence-electron chi connectivity index (χ4n) is 1.89. The average Bonchev–Trinajstić information content (AvgIpc) is 2.43. The number of hydrogen-bond acceptors (Lipinski definition) is 2. The normalized spacial score (nSPS) is 11.8.